The molecule has 88 valence electrons. The molecule has 0 radical (unpaired) electrons. The molecule has 1 aromatic carbocycles. The van der Waals surface area contributed by atoms with E-state index < -0.39 is 0 Å². The van der Waals surface area contributed by atoms with Gasteiger partial charge in [0.1, 0.15) is 6.61 Å². The van der Waals surface area contributed by atoms with Crippen molar-refractivity contribution in [1.29, 1.82) is 0 Å². The highest BCUT2D eigenvalue weighted by Crippen LogP contribution is 2.04. The van der Waals surface area contributed by atoms with Gasteiger partial charge in [-0.05, 0) is 17.5 Å². The Bertz CT molecular complexity index is 319. The van der Waals surface area contributed by atoms with Crippen LogP contribution in [0.3, 0.4) is 0 Å². The lowest BCUT2D eigenvalue weighted by atomic mass is 10.1. The normalized spacial score (nSPS) is 10.1. The number of aryl methyl sites for hydroxylation is 1. The van der Waals surface area contributed by atoms with Gasteiger partial charge in [-0.1, -0.05) is 31.2 Å². The Balaban J connectivity index is 2.19. The summed E-state index contributed by atoms with van der Waals surface area (Å²) in [5.74, 6) is -0.228. The van der Waals surface area contributed by atoms with Crippen molar-refractivity contribution in [1.82, 2.24) is 5.32 Å². The monoisotopic (exact) mass is 221 g/mol. The van der Waals surface area contributed by atoms with Gasteiger partial charge in [-0.3, -0.25) is 4.79 Å². The molecule has 0 heterocycles. The number of rotatable bonds is 6. The maximum absolute atomic E-state index is 10.5. The van der Waals surface area contributed by atoms with E-state index in [1.807, 2.05) is 0 Å². The minimum absolute atomic E-state index is 0.228. The van der Waals surface area contributed by atoms with E-state index in [2.05, 4.69) is 36.5 Å². The number of hydrogen-bond acceptors (Lipinski definition) is 3. The Hall–Kier alpha value is -1.35. The van der Waals surface area contributed by atoms with Crippen molar-refractivity contribution in [2.45, 2.75) is 26.8 Å². The number of ether oxygens (including phenoxy) is 1. The summed E-state index contributed by atoms with van der Waals surface area (Å²) in [6.45, 7) is 5.50. The highest BCUT2D eigenvalue weighted by Gasteiger charge is 1.94. The van der Waals surface area contributed by atoms with Gasteiger partial charge in [-0.25, -0.2) is 0 Å². The molecule has 3 heteroatoms. The Labute approximate surface area is 96.8 Å². The van der Waals surface area contributed by atoms with E-state index in [1.54, 1.807) is 0 Å². The summed E-state index contributed by atoms with van der Waals surface area (Å²) in [6.07, 6.45) is 1.07. The topological polar surface area (TPSA) is 38.3 Å². The number of esters is 1. The zero-order valence-electron chi connectivity index (χ0n) is 9.95. The fourth-order valence-corrected chi connectivity index (χ4v) is 1.39. The van der Waals surface area contributed by atoms with Crippen LogP contribution in [0.1, 0.15) is 25.0 Å². The number of carbonyl (C=O) groups is 1. The molecule has 0 saturated heterocycles. The lowest BCUT2D eigenvalue weighted by Crippen LogP contribution is -2.20. The number of carbonyl (C=O) groups excluding carboxylic acids is 1. The Morgan fingerprint density at radius 2 is 1.88 bits per heavy atom. The van der Waals surface area contributed by atoms with Crippen molar-refractivity contribution in [2.75, 3.05) is 13.2 Å². The fourth-order valence-electron chi connectivity index (χ4n) is 1.39. The van der Waals surface area contributed by atoms with Gasteiger partial charge in [0, 0.05) is 20.0 Å². The molecule has 3 nitrogen and oxygen atoms in total. The summed E-state index contributed by atoms with van der Waals surface area (Å²) in [6, 6.07) is 8.53. The van der Waals surface area contributed by atoms with Crippen LogP contribution in [0.25, 0.3) is 0 Å². The first-order chi connectivity index (χ1) is 7.72. The van der Waals surface area contributed by atoms with E-state index in [-0.39, 0.29) is 5.97 Å². The van der Waals surface area contributed by atoms with Gasteiger partial charge in [0.2, 0.25) is 0 Å². The highest BCUT2D eigenvalue weighted by molar-refractivity contribution is 5.65. The smallest absolute Gasteiger partial charge is 0.302 e. The van der Waals surface area contributed by atoms with Gasteiger partial charge < -0.3 is 10.1 Å². The molecule has 1 rings (SSSR count). The summed E-state index contributed by atoms with van der Waals surface area (Å²) in [7, 11) is 0. The highest BCUT2D eigenvalue weighted by atomic mass is 16.5. The molecule has 0 aliphatic rings. The van der Waals surface area contributed by atoms with E-state index in [0.29, 0.717) is 13.2 Å². The molecular formula is C13H19NO2. The molecule has 0 atom stereocenters. The van der Waals surface area contributed by atoms with Crippen molar-refractivity contribution >= 4 is 5.97 Å². The maximum atomic E-state index is 10.5. The Kier molecular flexibility index (Phi) is 5.57. The predicted octanol–water partition coefficient (Wildman–Crippen LogP) is 1.90. The summed E-state index contributed by atoms with van der Waals surface area (Å²) >= 11 is 0. The SMILES string of the molecule is CCc1ccc(CNCCOC(C)=O)cc1. The molecule has 0 amide bonds. The van der Waals surface area contributed by atoms with Crippen LogP contribution in [0.2, 0.25) is 0 Å². The number of nitrogens with one attached hydrogen (secondary N) is 1. The van der Waals surface area contributed by atoms with Gasteiger partial charge in [0.25, 0.3) is 0 Å². The van der Waals surface area contributed by atoms with Crippen LogP contribution >= 0.6 is 0 Å². The van der Waals surface area contributed by atoms with Crippen LogP contribution in [0.4, 0.5) is 0 Å². The van der Waals surface area contributed by atoms with Crippen LogP contribution < -0.4 is 5.32 Å². The minimum Gasteiger partial charge on any atom is -0.465 e. The van der Waals surface area contributed by atoms with Crippen molar-refractivity contribution in [3.63, 3.8) is 0 Å². The first-order valence-electron chi connectivity index (χ1n) is 5.64. The first-order valence-corrected chi connectivity index (χ1v) is 5.64. The van der Waals surface area contributed by atoms with Crippen molar-refractivity contribution in [3.05, 3.63) is 35.4 Å². The second-order valence-corrected chi connectivity index (χ2v) is 3.69. The first kappa shape index (κ1) is 12.7. The average Bonchev–Trinajstić information content (AvgIpc) is 2.29. The summed E-state index contributed by atoms with van der Waals surface area (Å²) in [4.78, 5) is 10.5. The van der Waals surface area contributed by atoms with E-state index in [9.17, 15) is 4.79 Å². The molecule has 1 aromatic rings. The van der Waals surface area contributed by atoms with Crippen molar-refractivity contribution in [3.8, 4) is 0 Å². The maximum Gasteiger partial charge on any atom is 0.302 e. The molecule has 0 aliphatic carbocycles. The molecule has 0 spiro atoms. The van der Waals surface area contributed by atoms with E-state index in [1.165, 1.54) is 18.1 Å². The predicted molar refractivity (Wildman–Crippen MR) is 64.2 cm³/mol. The second-order valence-electron chi connectivity index (χ2n) is 3.69. The summed E-state index contributed by atoms with van der Waals surface area (Å²) in [5.41, 5.74) is 2.60. The van der Waals surface area contributed by atoms with Crippen LogP contribution in [0.15, 0.2) is 24.3 Å². The molecule has 1 N–H and O–H groups in total. The molecule has 0 fully saturated rings. The second kappa shape index (κ2) is 7.01. The molecule has 0 bridgehead atoms. The van der Waals surface area contributed by atoms with Gasteiger partial charge in [0.05, 0.1) is 0 Å². The molecule has 0 aliphatic heterocycles. The van der Waals surface area contributed by atoms with E-state index in [0.717, 1.165) is 13.0 Å². The zero-order chi connectivity index (χ0) is 11.8. The van der Waals surface area contributed by atoms with Gasteiger partial charge in [0.15, 0.2) is 0 Å². The molecular weight excluding hydrogens is 202 g/mol. The molecule has 16 heavy (non-hydrogen) atoms. The van der Waals surface area contributed by atoms with E-state index in [4.69, 9.17) is 4.74 Å². The summed E-state index contributed by atoms with van der Waals surface area (Å²) < 4.78 is 4.81. The lowest BCUT2D eigenvalue weighted by molar-refractivity contribution is -0.140. The number of benzene rings is 1. The quantitative estimate of drug-likeness (QED) is 0.589. The Morgan fingerprint density at radius 3 is 2.44 bits per heavy atom. The van der Waals surface area contributed by atoms with Crippen LogP contribution in [-0.2, 0) is 22.5 Å². The third-order valence-corrected chi connectivity index (χ3v) is 2.34. The average molecular weight is 221 g/mol. The van der Waals surface area contributed by atoms with Crippen molar-refractivity contribution < 1.29 is 9.53 Å². The number of hydrogen-bond donors (Lipinski definition) is 1. The summed E-state index contributed by atoms with van der Waals surface area (Å²) in [5, 5.41) is 3.22. The fraction of sp³-hybridized carbons (Fsp3) is 0.462. The lowest BCUT2D eigenvalue weighted by Gasteiger charge is -2.05. The van der Waals surface area contributed by atoms with Gasteiger partial charge in [-0.2, -0.15) is 0 Å². The molecule has 0 saturated carbocycles. The largest absolute Gasteiger partial charge is 0.465 e. The van der Waals surface area contributed by atoms with Gasteiger partial charge >= 0.3 is 5.97 Å². The minimum atomic E-state index is -0.228. The van der Waals surface area contributed by atoms with Crippen LogP contribution in [0.5, 0.6) is 0 Å². The van der Waals surface area contributed by atoms with Crippen LogP contribution in [-0.4, -0.2) is 19.1 Å². The van der Waals surface area contributed by atoms with E-state index >= 15 is 0 Å². The molecule has 0 aromatic heterocycles. The van der Waals surface area contributed by atoms with Gasteiger partial charge in [-0.15, -0.1) is 0 Å². The standard InChI is InChI=1S/C13H19NO2/c1-3-12-4-6-13(7-5-12)10-14-8-9-16-11(2)15/h4-7,14H,3,8-10H2,1-2H3. The third kappa shape index (κ3) is 4.94. The third-order valence-electron chi connectivity index (χ3n) is 2.34. The van der Waals surface area contributed by atoms with Crippen LogP contribution in [0, 0.1) is 0 Å². The zero-order valence-corrected chi connectivity index (χ0v) is 9.95. The van der Waals surface area contributed by atoms with Crippen molar-refractivity contribution in [2.24, 2.45) is 0 Å². The molecule has 0 unspecified atom stereocenters. The Morgan fingerprint density at radius 1 is 1.25 bits per heavy atom.